The van der Waals surface area contributed by atoms with Crippen molar-refractivity contribution in [2.24, 2.45) is 5.41 Å². The molecule has 3 heteroatoms. The number of para-hydroxylation sites is 1. The molecule has 0 spiro atoms. The van der Waals surface area contributed by atoms with Crippen LogP contribution in [0.15, 0.2) is 29.2 Å². The standard InChI is InChI=1S/C18H26N2S/c1-18(2,12-7-13-19)14-20-16-10-5-6-11-17(16)21-15-8-3-4-9-15/h5-6,10-11,15,20H,3-4,7-9,12,14H2,1-2H3. The average molecular weight is 302 g/mol. The Morgan fingerprint density at radius 1 is 1.29 bits per heavy atom. The second-order valence-electron chi connectivity index (χ2n) is 6.70. The summed E-state index contributed by atoms with van der Waals surface area (Å²) in [6.45, 7) is 5.37. The summed E-state index contributed by atoms with van der Waals surface area (Å²) in [7, 11) is 0. The Morgan fingerprint density at radius 3 is 2.71 bits per heavy atom. The Balaban J connectivity index is 1.94. The van der Waals surface area contributed by atoms with E-state index in [-0.39, 0.29) is 5.41 Å². The van der Waals surface area contributed by atoms with E-state index in [1.807, 2.05) is 11.8 Å². The number of hydrogen-bond donors (Lipinski definition) is 1. The normalized spacial score (nSPS) is 15.9. The number of thioether (sulfide) groups is 1. The maximum absolute atomic E-state index is 8.74. The predicted molar refractivity (Wildman–Crippen MR) is 91.7 cm³/mol. The third-order valence-corrected chi connectivity index (χ3v) is 5.57. The van der Waals surface area contributed by atoms with E-state index >= 15 is 0 Å². The zero-order valence-electron chi connectivity index (χ0n) is 13.2. The lowest BCUT2D eigenvalue weighted by atomic mass is 9.88. The molecule has 0 atom stereocenters. The van der Waals surface area contributed by atoms with Crippen molar-refractivity contribution in [1.29, 1.82) is 5.26 Å². The van der Waals surface area contributed by atoms with Crippen molar-refractivity contribution in [1.82, 2.24) is 0 Å². The Kier molecular flexibility index (Phi) is 5.99. The van der Waals surface area contributed by atoms with Gasteiger partial charge in [-0.1, -0.05) is 38.8 Å². The van der Waals surface area contributed by atoms with E-state index < -0.39 is 0 Å². The van der Waals surface area contributed by atoms with E-state index in [0.29, 0.717) is 6.42 Å². The third-order valence-electron chi connectivity index (χ3n) is 4.15. The number of nitriles is 1. The van der Waals surface area contributed by atoms with Crippen molar-refractivity contribution in [2.45, 2.75) is 62.5 Å². The minimum atomic E-state index is 0.154. The first-order valence-electron chi connectivity index (χ1n) is 7.97. The Bertz CT molecular complexity index is 484. The van der Waals surface area contributed by atoms with E-state index in [4.69, 9.17) is 5.26 Å². The monoisotopic (exact) mass is 302 g/mol. The molecule has 0 unspecified atom stereocenters. The van der Waals surface area contributed by atoms with Gasteiger partial charge >= 0.3 is 0 Å². The highest BCUT2D eigenvalue weighted by molar-refractivity contribution is 8.00. The van der Waals surface area contributed by atoms with Crippen LogP contribution < -0.4 is 5.32 Å². The van der Waals surface area contributed by atoms with Gasteiger partial charge in [-0.05, 0) is 36.8 Å². The quantitative estimate of drug-likeness (QED) is 0.726. The van der Waals surface area contributed by atoms with Gasteiger partial charge in [-0.3, -0.25) is 0 Å². The molecule has 114 valence electrons. The molecule has 1 aliphatic carbocycles. The number of hydrogen-bond acceptors (Lipinski definition) is 3. The molecule has 0 radical (unpaired) electrons. The van der Waals surface area contributed by atoms with Gasteiger partial charge in [-0.15, -0.1) is 11.8 Å². The Morgan fingerprint density at radius 2 is 2.00 bits per heavy atom. The topological polar surface area (TPSA) is 35.8 Å². The molecule has 2 rings (SSSR count). The molecule has 0 bridgehead atoms. The van der Waals surface area contributed by atoms with E-state index in [2.05, 4.69) is 49.5 Å². The molecular weight excluding hydrogens is 276 g/mol. The van der Waals surface area contributed by atoms with Crippen LogP contribution in [0, 0.1) is 16.7 Å². The molecule has 1 saturated carbocycles. The van der Waals surface area contributed by atoms with Crippen LogP contribution in [0.4, 0.5) is 5.69 Å². The van der Waals surface area contributed by atoms with Gasteiger partial charge in [-0.25, -0.2) is 0 Å². The van der Waals surface area contributed by atoms with Crippen LogP contribution in [-0.4, -0.2) is 11.8 Å². The lowest BCUT2D eigenvalue weighted by Crippen LogP contribution is -2.23. The summed E-state index contributed by atoms with van der Waals surface area (Å²) in [6.07, 6.45) is 7.05. The summed E-state index contributed by atoms with van der Waals surface area (Å²) < 4.78 is 0. The SMILES string of the molecule is CC(C)(CCC#N)CNc1ccccc1SC1CCCC1. The van der Waals surface area contributed by atoms with Crippen molar-refractivity contribution in [3.63, 3.8) is 0 Å². The molecule has 0 amide bonds. The first-order chi connectivity index (χ1) is 10.1. The molecule has 0 saturated heterocycles. The zero-order valence-corrected chi connectivity index (χ0v) is 14.0. The highest BCUT2D eigenvalue weighted by atomic mass is 32.2. The van der Waals surface area contributed by atoms with E-state index in [0.717, 1.165) is 18.2 Å². The molecule has 0 aromatic heterocycles. The maximum atomic E-state index is 8.74. The summed E-state index contributed by atoms with van der Waals surface area (Å²) in [5.41, 5.74) is 1.40. The van der Waals surface area contributed by atoms with Gasteiger partial charge < -0.3 is 5.32 Å². The van der Waals surface area contributed by atoms with Crippen LogP contribution in [0.3, 0.4) is 0 Å². The van der Waals surface area contributed by atoms with Crippen LogP contribution in [0.25, 0.3) is 0 Å². The molecule has 1 N–H and O–H groups in total. The van der Waals surface area contributed by atoms with Gasteiger partial charge in [0.05, 0.1) is 6.07 Å². The highest BCUT2D eigenvalue weighted by Gasteiger charge is 2.20. The van der Waals surface area contributed by atoms with Crippen LogP contribution in [0.2, 0.25) is 0 Å². The minimum absolute atomic E-state index is 0.154. The summed E-state index contributed by atoms with van der Waals surface area (Å²) in [4.78, 5) is 1.38. The van der Waals surface area contributed by atoms with Gasteiger partial charge in [0.15, 0.2) is 0 Å². The molecule has 1 fully saturated rings. The first-order valence-corrected chi connectivity index (χ1v) is 8.85. The van der Waals surface area contributed by atoms with Gasteiger partial charge in [0, 0.05) is 28.8 Å². The van der Waals surface area contributed by atoms with Crippen LogP contribution in [0.5, 0.6) is 0 Å². The smallest absolute Gasteiger partial charge is 0.0621 e. The summed E-state index contributed by atoms with van der Waals surface area (Å²) in [5.74, 6) is 0. The second kappa shape index (κ2) is 7.75. The van der Waals surface area contributed by atoms with Crippen LogP contribution >= 0.6 is 11.8 Å². The molecular formula is C18H26N2S. The minimum Gasteiger partial charge on any atom is -0.384 e. The molecule has 1 aliphatic rings. The number of nitrogens with zero attached hydrogens (tertiary/aromatic N) is 1. The van der Waals surface area contributed by atoms with Gasteiger partial charge in [0.25, 0.3) is 0 Å². The van der Waals surface area contributed by atoms with Gasteiger partial charge in [0.1, 0.15) is 0 Å². The molecule has 2 nitrogen and oxygen atoms in total. The zero-order chi connectivity index (χ0) is 15.1. The fourth-order valence-corrected chi connectivity index (χ4v) is 4.07. The Hall–Kier alpha value is -1.14. The second-order valence-corrected chi connectivity index (χ2v) is 8.04. The van der Waals surface area contributed by atoms with E-state index in [9.17, 15) is 0 Å². The first kappa shape index (κ1) is 16.2. The average Bonchev–Trinajstić information content (AvgIpc) is 2.97. The number of rotatable bonds is 7. The third kappa shape index (κ3) is 5.28. The summed E-state index contributed by atoms with van der Waals surface area (Å²) >= 11 is 2.03. The van der Waals surface area contributed by atoms with Crippen molar-refractivity contribution in [2.75, 3.05) is 11.9 Å². The van der Waals surface area contributed by atoms with Crippen LogP contribution in [0.1, 0.15) is 52.4 Å². The number of nitrogens with one attached hydrogen (secondary N) is 1. The largest absolute Gasteiger partial charge is 0.384 e. The molecule has 0 aliphatic heterocycles. The highest BCUT2D eigenvalue weighted by Crippen LogP contribution is 2.38. The summed E-state index contributed by atoms with van der Waals surface area (Å²) in [6, 6.07) is 10.9. The van der Waals surface area contributed by atoms with Gasteiger partial charge in [0.2, 0.25) is 0 Å². The van der Waals surface area contributed by atoms with Gasteiger partial charge in [-0.2, -0.15) is 5.26 Å². The lowest BCUT2D eigenvalue weighted by Gasteiger charge is -2.25. The molecule has 1 aromatic rings. The lowest BCUT2D eigenvalue weighted by molar-refractivity contribution is 0.363. The van der Waals surface area contributed by atoms with E-state index in [1.54, 1.807) is 0 Å². The molecule has 21 heavy (non-hydrogen) atoms. The fraction of sp³-hybridized carbons (Fsp3) is 0.611. The van der Waals surface area contributed by atoms with Crippen LogP contribution in [-0.2, 0) is 0 Å². The van der Waals surface area contributed by atoms with Crippen molar-refractivity contribution >= 4 is 17.4 Å². The summed E-state index contributed by atoms with van der Waals surface area (Å²) in [5, 5.41) is 13.1. The number of anilines is 1. The maximum Gasteiger partial charge on any atom is 0.0621 e. The van der Waals surface area contributed by atoms with Crippen molar-refractivity contribution < 1.29 is 0 Å². The van der Waals surface area contributed by atoms with E-state index in [1.165, 1.54) is 36.3 Å². The molecule has 0 heterocycles. The predicted octanol–water partition coefficient (Wildman–Crippen LogP) is 5.46. The van der Waals surface area contributed by atoms with Crippen molar-refractivity contribution in [3.05, 3.63) is 24.3 Å². The Labute approximate surface area is 133 Å². The fourth-order valence-electron chi connectivity index (χ4n) is 2.72. The number of benzene rings is 1. The van der Waals surface area contributed by atoms with Crippen molar-refractivity contribution in [3.8, 4) is 6.07 Å². The molecule has 1 aromatic carbocycles.